The number of urea groups is 1. The van der Waals surface area contributed by atoms with Crippen molar-refractivity contribution in [1.29, 1.82) is 0 Å². The van der Waals surface area contributed by atoms with Crippen LogP contribution in [0.1, 0.15) is 11.6 Å². The first-order chi connectivity index (χ1) is 6.66. The van der Waals surface area contributed by atoms with E-state index < -0.39 is 0 Å². The first kappa shape index (κ1) is 9.45. The molecule has 0 radical (unpaired) electrons. The molecule has 2 N–H and O–H groups in total. The standard InChI is InChI=1S/C9H8BrFN2O/c10-7-3-5(11)1-2-6(7)8-4-12-9(14)13-8/h1-3,8H,4H2,(H2,12,13,14)/t8-/m0/s1. The Balaban J connectivity index is 2.28. The van der Waals surface area contributed by atoms with E-state index in [1.54, 1.807) is 6.07 Å². The van der Waals surface area contributed by atoms with Crippen LogP contribution in [0.25, 0.3) is 0 Å². The van der Waals surface area contributed by atoms with Crippen molar-refractivity contribution in [3.63, 3.8) is 0 Å². The quantitative estimate of drug-likeness (QED) is 0.795. The fourth-order valence-electron chi connectivity index (χ4n) is 1.43. The summed E-state index contributed by atoms with van der Waals surface area (Å²) in [7, 11) is 0. The molecule has 0 unspecified atom stereocenters. The van der Waals surface area contributed by atoms with Crippen molar-refractivity contribution in [1.82, 2.24) is 10.6 Å². The highest BCUT2D eigenvalue weighted by atomic mass is 79.9. The number of halogens is 2. The molecule has 0 bridgehead atoms. The summed E-state index contributed by atoms with van der Waals surface area (Å²) >= 11 is 3.26. The number of rotatable bonds is 1. The first-order valence-corrected chi connectivity index (χ1v) is 4.95. The van der Waals surface area contributed by atoms with Gasteiger partial charge in [0.2, 0.25) is 0 Å². The molecule has 1 aliphatic rings. The van der Waals surface area contributed by atoms with Gasteiger partial charge in [0, 0.05) is 11.0 Å². The Morgan fingerprint density at radius 1 is 1.50 bits per heavy atom. The highest BCUT2D eigenvalue weighted by molar-refractivity contribution is 9.10. The van der Waals surface area contributed by atoms with Gasteiger partial charge in [-0.05, 0) is 17.7 Å². The van der Waals surface area contributed by atoms with Crippen molar-refractivity contribution in [2.24, 2.45) is 0 Å². The van der Waals surface area contributed by atoms with Gasteiger partial charge in [-0.1, -0.05) is 22.0 Å². The van der Waals surface area contributed by atoms with Crippen LogP contribution >= 0.6 is 15.9 Å². The molecular formula is C9H8BrFN2O. The lowest BCUT2D eigenvalue weighted by Gasteiger charge is -2.10. The van der Waals surface area contributed by atoms with Crippen LogP contribution in [0.2, 0.25) is 0 Å². The van der Waals surface area contributed by atoms with Gasteiger partial charge < -0.3 is 10.6 Å². The zero-order valence-corrected chi connectivity index (χ0v) is 8.77. The molecule has 74 valence electrons. The third-order valence-corrected chi connectivity index (χ3v) is 2.80. The molecule has 2 rings (SSSR count). The third kappa shape index (κ3) is 1.72. The summed E-state index contributed by atoms with van der Waals surface area (Å²) in [4.78, 5) is 10.9. The average molecular weight is 259 g/mol. The maximum Gasteiger partial charge on any atom is 0.315 e. The molecule has 1 saturated heterocycles. The summed E-state index contributed by atoms with van der Waals surface area (Å²) < 4.78 is 13.5. The van der Waals surface area contributed by atoms with Crippen molar-refractivity contribution in [3.05, 3.63) is 34.1 Å². The summed E-state index contributed by atoms with van der Waals surface area (Å²) in [5.41, 5.74) is 0.879. The van der Waals surface area contributed by atoms with E-state index in [1.807, 2.05) is 0 Å². The van der Waals surface area contributed by atoms with Gasteiger partial charge in [0.25, 0.3) is 0 Å². The van der Waals surface area contributed by atoms with E-state index in [-0.39, 0.29) is 17.9 Å². The van der Waals surface area contributed by atoms with E-state index in [0.29, 0.717) is 11.0 Å². The normalized spacial score (nSPS) is 20.4. The molecule has 1 heterocycles. The maximum absolute atomic E-state index is 12.8. The first-order valence-electron chi connectivity index (χ1n) is 4.16. The third-order valence-electron chi connectivity index (χ3n) is 2.11. The largest absolute Gasteiger partial charge is 0.336 e. The Kier molecular flexibility index (Phi) is 2.41. The minimum Gasteiger partial charge on any atom is -0.336 e. The fourth-order valence-corrected chi connectivity index (χ4v) is 2.05. The van der Waals surface area contributed by atoms with Crippen LogP contribution in [0, 0.1) is 5.82 Å². The molecule has 0 aliphatic carbocycles. The molecule has 1 aromatic carbocycles. The molecule has 1 aromatic rings. The second kappa shape index (κ2) is 3.57. The van der Waals surface area contributed by atoms with Crippen molar-refractivity contribution < 1.29 is 9.18 Å². The molecule has 0 aromatic heterocycles. The Morgan fingerprint density at radius 2 is 2.29 bits per heavy atom. The van der Waals surface area contributed by atoms with Gasteiger partial charge in [0.1, 0.15) is 5.82 Å². The molecule has 1 atom stereocenters. The zero-order valence-electron chi connectivity index (χ0n) is 7.18. The van der Waals surface area contributed by atoms with Gasteiger partial charge in [0.05, 0.1) is 6.04 Å². The minimum absolute atomic E-state index is 0.0857. The number of hydrogen-bond acceptors (Lipinski definition) is 1. The second-order valence-corrected chi connectivity index (χ2v) is 3.93. The summed E-state index contributed by atoms with van der Waals surface area (Å²) in [6.07, 6.45) is 0. The second-order valence-electron chi connectivity index (χ2n) is 3.07. The molecule has 3 nitrogen and oxygen atoms in total. The Bertz CT molecular complexity index is 383. The molecule has 5 heteroatoms. The highest BCUT2D eigenvalue weighted by Gasteiger charge is 2.23. The van der Waals surface area contributed by atoms with Crippen LogP contribution in [0.4, 0.5) is 9.18 Å². The predicted octanol–water partition coefficient (Wildman–Crippen LogP) is 1.94. The number of carbonyl (C=O) groups is 1. The van der Waals surface area contributed by atoms with Gasteiger partial charge in [-0.25, -0.2) is 9.18 Å². The van der Waals surface area contributed by atoms with Crippen molar-refractivity contribution >= 4 is 22.0 Å². The number of benzene rings is 1. The van der Waals surface area contributed by atoms with Gasteiger partial charge >= 0.3 is 6.03 Å². The Morgan fingerprint density at radius 3 is 2.86 bits per heavy atom. The predicted molar refractivity (Wildman–Crippen MR) is 53.4 cm³/mol. The van der Waals surface area contributed by atoms with Gasteiger partial charge in [-0.3, -0.25) is 0 Å². The smallest absolute Gasteiger partial charge is 0.315 e. The van der Waals surface area contributed by atoms with Crippen LogP contribution in [0.15, 0.2) is 22.7 Å². The molecule has 1 aliphatic heterocycles. The Hall–Kier alpha value is -1.10. The van der Waals surface area contributed by atoms with Crippen molar-refractivity contribution in [2.45, 2.75) is 6.04 Å². The van der Waals surface area contributed by atoms with Gasteiger partial charge in [-0.15, -0.1) is 0 Å². The molecule has 2 amide bonds. The number of hydrogen-bond donors (Lipinski definition) is 2. The van der Waals surface area contributed by atoms with Gasteiger partial charge in [0.15, 0.2) is 0 Å². The van der Waals surface area contributed by atoms with E-state index in [1.165, 1.54) is 12.1 Å². The van der Waals surface area contributed by atoms with Gasteiger partial charge in [-0.2, -0.15) is 0 Å². The van der Waals surface area contributed by atoms with Crippen LogP contribution in [-0.2, 0) is 0 Å². The molecule has 1 fully saturated rings. The van der Waals surface area contributed by atoms with E-state index in [2.05, 4.69) is 26.6 Å². The number of nitrogens with one attached hydrogen (secondary N) is 2. The lowest BCUT2D eigenvalue weighted by molar-refractivity contribution is 0.247. The van der Waals surface area contributed by atoms with Crippen LogP contribution < -0.4 is 10.6 Å². The number of carbonyl (C=O) groups excluding carboxylic acids is 1. The lowest BCUT2D eigenvalue weighted by atomic mass is 10.1. The zero-order chi connectivity index (χ0) is 10.1. The lowest BCUT2D eigenvalue weighted by Crippen LogP contribution is -2.21. The van der Waals surface area contributed by atoms with Crippen LogP contribution in [0.5, 0.6) is 0 Å². The Labute approximate surface area is 88.8 Å². The molecule has 0 spiro atoms. The summed E-state index contributed by atoms with van der Waals surface area (Å²) in [5, 5.41) is 5.37. The molecular weight excluding hydrogens is 251 g/mol. The molecule has 14 heavy (non-hydrogen) atoms. The average Bonchev–Trinajstić information content (AvgIpc) is 2.51. The van der Waals surface area contributed by atoms with E-state index in [9.17, 15) is 9.18 Å². The van der Waals surface area contributed by atoms with E-state index >= 15 is 0 Å². The summed E-state index contributed by atoms with van der Waals surface area (Å²) in [5.74, 6) is -0.294. The summed E-state index contributed by atoms with van der Waals surface area (Å²) in [6, 6.07) is 4.16. The van der Waals surface area contributed by atoms with Crippen molar-refractivity contribution in [3.8, 4) is 0 Å². The number of amides is 2. The van der Waals surface area contributed by atoms with E-state index in [0.717, 1.165) is 5.56 Å². The van der Waals surface area contributed by atoms with Crippen molar-refractivity contribution in [2.75, 3.05) is 6.54 Å². The topological polar surface area (TPSA) is 41.1 Å². The van der Waals surface area contributed by atoms with Crippen LogP contribution in [0.3, 0.4) is 0 Å². The SMILES string of the molecule is O=C1NC[C@@H](c2ccc(F)cc2Br)N1. The highest BCUT2D eigenvalue weighted by Crippen LogP contribution is 2.25. The fraction of sp³-hybridized carbons (Fsp3) is 0.222. The maximum atomic E-state index is 12.8. The van der Waals surface area contributed by atoms with Crippen LogP contribution in [-0.4, -0.2) is 12.6 Å². The minimum atomic E-state index is -0.294. The van der Waals surface area contributed by atoms with E-state index in [4.69, 9.17) is 0 Å². The molecule has 0 saturated carbocycles. The monoisotopic (exact) mass is 258 g/mol. The summed E-state index contributed by atoms with van der Waals surface area (Å²) in [6.45, 7) is 0.531.